The van der Waals surface area contributed by atoms with E-state index in [2.05, 4.69) is 4.99 Å². The Hall–Kier alpha value is -1.32. The van der Waals surface area contributed by atoms with Crippen molar-refractivity contribution in [1.82, 2.24) is 0 Å². The Labute approximate surface area is 78.5 Å². The molecule has 2 N–H and O–H groups in total. The second-order valence-corrected chi connectivity index (χ2v) is 2.44. The molecule has 0 heterocycles. The lowest BCUT2D eigenvalue weighted by Crippen LogP contribution is -2.15. The van der Waals surface area contributed by atoms with Crippen molar-refractivity contribution in [3.8, 4) is 0 Å². The molecule has 0 saturated heterocycles. The van der Waals surface area contributed by atoms with Crippen molar-refractivity contribution < 1.29 is 9.53 Å². The fraction of sp³-hybridized carbons (Fsp3) is 0.556. The molecule has 0 fully saturated rings. The molecule has 0 atom stereocenters. The normalized spacial score (nSPS) is 12.8. The summed E-state index contributed by atoms with van der Waals surface area (Å²) >= 11 is 0. The first kappa shape index (κ1) is 11.7. The second kappa shape index (κ2) is 6.22. The zero-order valence-corrected chi connectivity index (χ0v) is 8.33. The van der Waals surface area contributed by atoms with Crippen LogP contribution in [0.3, 0.4) is 0 Å². The highest BCUT2D eigenvalue weighted by molar-refractivity contribution is 6.00. The minimum atomic E-state index is -0.492. The molecule has 0 radical (unpaired) electrons. The predicted octanol–water partition coefficient (Wildman–Crippen LogP) is 0.873. The average Bonchev–Trinajstić information content (AvgIpc) is 2.05. The maximum absolute atomic E-state index is 11.0. The highest BCUT2D eigenvalue weighted by Crippen LogP contribution is 1.91. The minimum Gasteiger partial charge on any atom is -0.461 e. The van der Waals surface area contributed by atoms with Crippen molar-refractivity contribution in [3.05, 3.63) is 11.8 Å². The molecule has 0 aromatic heterocycles. The zero-order chi connectivity index (χ0) is 10.3. The average molecular weight is 184 g/mol. The van der Waals surface area contributed by atoms with Gasteiger partial charge in [0.1, 0.15) is 5.70 Å². The van der Waals surface area contributed by atoms with E-state index >= 15 is 0 Å². The number of allylic oxidation sites excluding steroid dienone is 1. The first-order valence-electron chi connectivity index (χ1n) is 4.27. The van der Waals surface area contributed by atoms with E-state index in [4.69, 9.17) is 10.5 Å². The smallest absolute Gasteiger partial charge is 0.354 e. The van der Waals surface area contributed by atoms with Gasteiger partial charge in [-0.3, -0.25) is 4.99 Å². The molecular formula is C9H16N2O2. The van der Waals surface area contributed by atoms with E-state index in [1.807, 2.05) is 6.92 Å². The van der Waals surface area contributed by atoms with Crippen molar-refractivity contribution in [2.75, 3.05) is 13.2 Å². The molecule has 0 bridgehead atoms. The van der Waals surface area contributed by atoms with Crippen LogP contribution in [0.4, 0.5) is 0 Å². The van der Waals surface area contributed by atoms with Crippen LogP contribution in [0.1, 0.15) is 20.8 Å². The summed E-state index contributed by atoms with van der Waals surface area (Å²) in [6, 6.07) is 0. The Balaban J connectivity index is 4.31. The molecule has 0 saturated carbocycles. The van der Waals surface area contributed by atoms with Crippen LogP contribution in [0.15, 0.2) is 16.8 Å². The Morgan fingerprint density at radius 1 is 1.54 bits per heavy atom. The van der Waals surface area contributed by atoms with E-state index in [-0.39, 0.29) is 5.70 Å². The highest BCUT2D eigenvalue weighted by Gasteiger charge is 2.04. The Morgan fingerprint density at radius 3 is 2.62 bits per heavy atom. The molecule has 0 aliphatic carbocycles. The Kier molecular flexibility index (Phi) is 5.59. The van der Waals surface area contributed by atoms with Crippen molar-refractivity contribution in [3.63, 3.8) is 0 Å². The molecule has 0 aromatic rings. The van der Waals surface area contributed by atoms with E-state index in [1.165, 1.54) is 6.08 Å². The topological polar surface area (TPSA) is 64.7 Å². The van der Waals surface area contributed by atoms with Gasteiger partial charge >= 0.3 is 5.97 Å². The van der Waals surface area contributed by atoms with Crippen LogP contribution in [0.2, 0.25) is 0 Å². The molecule has 0 aliphatic rings. The monoisotopic (exact) mass is 184 g/mol. The number of carbonyl (C=O) groups excluding carboxylic acids is 1. The second-order valence-electron chi connectivity index (χ2n) is 2.44. The molecule has 74 valence electrons. The van der Waals surface area contributed by atoms with Gasteiger partial charge in [0.25, 0.3) is 0 Å². The fourth-order valence-corrected chi connectivity index (χ4v) is 0.793. The first-order chi connectivity index (χ1) is 6.11. The van der Waals surface area contributed by atoms with Crippen LogP contribution >= 0.6 is 0 Å². The number of carbonyl (C=O) groups is 1. The van der Waals surface area contributed by atoms with Gasteiger partial charge in [0, 0.05) is 12.3 Å². The molecule has 4 nitrogen and oxygen atoms in total. The highest BCUT2D eigenvalue weighted by atomic mass is 16.5. The van der Waals surface area contributed by atoms with Gasteiger partial charge in [0.05, 0.1) is 6.61 Å². The molecule has 0 spiro atoms. The van der Waals surface area contributed by atoms with Crippen LogP contribution in [-0.2, 0) is 9.53 Å². The third-order valence-electron chi connectivity index (χ3n) is 1.28. The van der Waals surface area contributed by atoms with Crippen molar-refractivity contribution in [2.45, 2.75) is 20.8 Å². The maximum atomic E-state index is 11.0. The summed E-state index contributed by atoms with van der Waals surface area (Å²) < 4.78 is 4.70. The number of nitrogens with two attached hydrogens (primary N) is 1. The van der Waals surface area contributed by atoms with E-state index in [0.29, 0.717) is 13.2 Å². The predicted molar refractivity (Wildman–Crippen MR) is 52.6 cm³/mol. The van der Waals surface area contributed by atoms with E-state index < -0.39 is 5.97 Å². The minimum absolute atomic E-state index is 0.0940. The fourth-order valence-electron chi connectivity index (χ4n) is 0.793. The van der Waals surface area contributed by atoms with Crippen LogP contribution in [0.25, 0.3) is 0 Å². The van der Waals surface area contributed by atoms with E-state index in [0.717, 1.165) is 5.71 Å². The Morgan fingerprint density at radius 2 is 2.15 bits per heavy atom. The van der Waals surface area contributed by atoms with Crippen molar-refractivity contribution in [1.29, 1.82) is 0 Å². The summed E-state index contributed by atoms with van der Waals surface area (Å²) in [4.78, 5) is 15.1. The molecule has 13 heavy (non-hydrogen) atoms. The van der Waals surface area contributed by atoms with Crippen LogP contribution < -0.4 is 5.73 Å². The summed E-state index contributed by atoms with van der Waals surface area (Å²) in [5.74, 6) is -0.492. The molecule has 0 unspecified atom stereocenters. The molecule has 0 amide bonds. The quantitative estimate of drug-likeness (QED) is 0.400. The van der Waals surface area contributed by atoms with Crippen LogP contribution in [0.5, 0.6) is 0 Å². The standard InChI is InChI=1S/C9H16N2O2/c1-4-11-7(3)6-8(10)9(12)13-5-2/h6H,4-5,10H2,1-3H3. The summed E-state index contributed by atoms with van der Waals surface area (Å²) in [6.07, 6.45) is 1.52. The van der Waals surface area contributed by atoms with E-state index in [1.54, 1.807) is 13.8 Å². The lowest BCUT2D eigenvalue weighted by Gasteiger charge is -2.00. The van der Waals surface area contributed by atoms with Gasteiger partial charge in [0.15, 0.2) is 0 Å². The number of rotatable bonds is 4. The zero-order valence-electron chi connectivity index (χ0n) is 8.33. The number of nitrogens with zero attached hydrogens (tertiary/aromatic N) is 1. The Bertz CT molecular complexity index is 232. The number of ether oxygens (including phenoxy) is 1. The third kappa shape index (κ3) is 5.00. The van der Waals surface area contributed by atoms with E-state index in [9.17, 15) is 4.79 Å². The number of hydrogen-bond donors (Lipinski definition) is 1. The molecule has 4 heteroatoms. The largest absolute Gasteiger partial charge is 0.461 e. The summed E-state index contributed by atoms with van der Waals surface area (Å²) in [5, 5.41) is 0. The molecule has 0 aromatic carbocycles. The van der Waals surface area contributed by atoms with Gasteiger partial charge in [-0.15, -0.1) is 0 Å². The van der Waals surface area contributed by atoms with Gasteiger partial charge < -0.3 is 10.5 Å². The number of aliphatic imine (C=N–C) groups is 1. The lowest BCUT2D eigenvalue weighted by molar-refractivity contribution is -0.138. The number of esters is 1. The van der Waals surface area contributed by atoms with Gasteiger partial charge in [-0.25, -0.2) is 4.79 Å². The SMILES string of the molecule is CCN=C(C)C=C(N)C(=O)OCC. The van der Waals surface area contributed by atoms with Crippen molar-refractivity contribution in [2.24, 2.45) is 10.7 Å². The van der Waals surface area contributed by atoms with Gasteiger partial charge in [-0.1, -0.05) is 0 Å². The maximum Gasteiger partial charge on any atom is 0.354 e. The molecular weight excluding hydrogens is 168 g/mol. The van der Waals surface area contributed by atoms with Crippen molar-refractivity contribution >= 4 is 11.7 Å². The summed E-state index contributed by atoms with van der Waals surface area (Å²) in [6.45, 7) is 6.45. The third-order valence-corrected chi connectivity index (χ3v) is 1.28. The molecule has 0 aliphatic heterocycles. The first-order valence-corrected chi connectivity index (χ1v) is 4.27. The molecule has 0 rings (SSSR count). The van der Waals surface area contributed by atoms with Crippen LogP contribution in [-0.4, -0.2) is 24.8 Å². The van der Waals surface area contributed by atoms with Gasteiger partial charge in [-0.05, 0) is 26.8 Å². The summed E-state index contributed by atoms with van der Waals surface area (Å²) in [7, 11) is 0. The van der Waals surface area contributed by atoms with Gasteiger partial charge in [-0.2, -0.15) is 0 Å². The lowest BCUT2D eigenvalue weighted by atomic mass is 10.3. The summed E-state index contributed by atoms with van der Waals surface area (Å²) in [5.41, 5.74) is 6.26. The van der Waals surface area contributed by atoms with Gasteiger partial charge in [0.2, 0.25) is 0 Å². The van der Waals surface area contributed by atoms with Crippen LogP contribution in [0, 0.1) is 0 Å². The number of hydrogen-bond acceptors (Lipinski definition) is 4.